The number of ether oxygens (including phenoxy) is 1. The van der Waals surface area contributed by atoms with Crippen LogP contribution in [0.1, 0.15) is 46.0 Å². The number of rotatable bonds is 5. The number of methoxy groups -OCH3 is 1. The largest absolute Gasteiger partial charge is 0.382 e. The third-order valence-corrected chi connectivity index (χ3v) is 3.40. The maximum Gasteiger partial charge on any atom is 0.220 e. The summed E-state index contributed by atoms with van der Waals surface area (Å²) in [6.07, 6.45) is 5.09. The first-order valence-corrected chi connectivity index (χ1v) is 6.50. The van der Waals surface area contributed by atoms with Crippen LogP contribution in [0.2, 0.25) is 0 Å². The SMILES string of the molecule is COCC(C)(C)NC(=O)CC1CCCCC1N. The fraction of sp³-hybridized carbons (Fsp3) is 0.923. The van der Waals surface area contributed by atoms with E-state index in [1.54, 1.807) is 7.11 Å². The standard InChI is InChI=1S/C13H26N2O2/c1-13(2,9-17-3)15-12(16)8-10-6-4-5-7-11(10)14/h10-11H,4-9,14H2,1-3H3,(H,15,16). The van der Waals surface area contributed by atoms with E-state index in [4.69, 9.17) is 10.5 Å². The Labute approximate surface area is 104 Å². The molecule has 4 heteroatoms. The summed E-state index contributed by atoms with van der Waals surface area (Å²) in [4.78, 5) is 11.9. The minimum Gasteiger partial charge on any atom is -0.382 e. The quantitative estimate of drug-likeness (QED) is 0.766. The molecule has 0 aromatic carbocycles. The molecule has 0 radical (unpaired) electrons. The molecule has 0 aliphatic heterocycles. The third-order valence-electron chi connectivity index (χ3n) is 3.40. The average Bonchev–Trinajstić information content (AvgIpc) is 2.20. The molecule has 3 N–H and O–H groups in total. The smallest absolute Gasteiger partial charge is 0.220 e. The van der Waals surface area contributed by atoms with Gasteiger partial charge in [0.25, 0.3) is 0 Å². The number of amides is 1. The van der Waals surface area contributed by atoms with E-state index < -0.39 is 0 Å². The molecule has 0 bridgehead atoms. The van der Waals surface area contributed by atoms with Gasteiger partial charge in [0.05, 0.1) is 12.1 Å². The summed E-state index contributed by atoms with van der Waals surface area (Å²) in [5.74, 6) is 0.441. The number of carbonyl (C=O) groups is 1. The lowest BCUT2D eigenvalue weighted by atomic mass is 9.82. The summed E-state index contributed by atoms with van der Waals surface area (Å²) in [6.45, 7) is 4.46. The van der Waals surface area contributed by atoms with Crippen LogP contribution in [0.25, 0.3) is 0 Å². The van der Waals surface area contributed by atoms with Gasteiger partial charge in [0, 0.05) is 19.6 Å². The van der Waals surface area contributed by atoms with E-state index in [2.05, 4.69) is 5.32 Å². The molecule has 1 aliphatic carbocycles. The second-order valence-corrected chi connectivity index (χ2v) is 5.78. The van der Waals surface area contributed by atoms with E-state index in [-0.39, 0.29) is 17.5 Å². The second kappa shape index (κ2) is 6.36. The molecule has 0 spiro atoms. The minimum absolute atomic E-state index is 0.0920. The van der Waals surface area contributed by atoms with Crippen LogP contribution < -0.4 is 11.1 Å². The van der Waals surface area contributed by atoms with Gasteiger partial charge < -0.3 is 15.8 Å². The molecule has 0 saturated heterocycles. The van der Waals surface area contributed by atoms with Crippen LogP contribution in [0.5, 0.6) is 0 Å². The van der Waals surface area contributed by atoms with Gasteiger partial charge in [-0.3, -0.25) is 4.79 Å². The van der Waals surface area contributed by atoms with Crippen molar-refractivity contribution >= 4 is 5.91 Å². The molecular formula is C13H26N2O2. The van der Waals surface area contributed by atoms with Gasteiger partial charge in [-0.1, -0.05) is 12.8 Å². The van der Waals surface area contributed by atoms with Crippen molar-refractivity contribution in [3.05, 3.63) is 0 Å². The number of hydrogen-bond acceptors (Lipinski definition) is 3. The van der Waals surface area contributed by atoms with Crippen LogP contribution in [-0.2, 0) is 9.53 Å². The van der Waals surface area contributed by atoms with E-state index >= 15 is 0 Å². The fourth-order valence-corrected chi connectivity index (χ4v) is 2.55. The summed E-state index contributed by atoms with van der Waals surface area (Å²) in [5.41, 5.74) is 5.74. The lowest BCUT2D eigenvalue weighted by Gasteiger charge is -2.30. The number of nitrogens with one attached hydrogen (secondary N) is 1. The predicted octanol–water partition coefficient (Wildman–Crippen LogP) is 1.44. The maximum atomic E-state index is 11.9. The molecule has 1 aliphatic rings. The van der Waals surface area contributed by atoms with Gasteiger partial charge in [0.2, 0.25) is 5.91 Å². The first-order valence-electron chi connectivity index (χ1n) is 6.50. The van der Waals surface area contributed by atoms with Crippen LogP contribution in [-0.4, -0.2) is 31.2 Å². The first-order chi connectivity index (χ1) is 7.94. The summed E-state index contributed by atoms with van der Waals surface area (Å²) in [5, 5.41) is 3.01. The monoisotopic (exact) mass is 242 g/mol. The number of hydrogen-bond donors (Lipinski definition) is 2. The lowest BCUT2D eigenvalue weighted by molar-refractivity contribution is -0.124. The van der Waals surface area contributed by atoms with Gasteiger partial charge in [-0.15, -0.1) is 0 Å². The Morgan fingerprint density at radius 1 is 1.41 bits per heavy atom. The molecular weight excluding hydrogens is 216 g/mol. The molecule has 4 nitrogen and oxygen atoms in total. The van der Waals surface area contributed by atoms with Crippen molar-refractivity contribution in [1.82, 2.24) is 5.32 Å². The van der Waals surface area contributed by atoms with Crippen molar-refractivity contribution < 1.29 is 9.53 Å². The topological polar surface area (TPSA) is 64.3 Å². The van der Waals surface area contributed by atoms with E-state index in [9.17, 15) is 4.79 Å². The van der Waals surface area contributed by atoms with Crippen LogP contribution in [0.3, 0.4) is 0 Å². The van der Waals surface area contributed by atoms with Crippen molar-refractivity contribution in [2.24, 2.45) is 11.7 Å². The number of carbonyl (C=O) groups excluding carboxylic acids is 1. The zero-order valence-electron chi connectivity index (χ0n) is 11.3. The molecule has 1 amide bonds. The summed E-state index contributed by atoms with van der Waals surface area (Å²) < 4.78 is 5.08. The van der Waals surface area contributed by atoms with E-state index in [0.29, 0.717) is 18.9 Å². The van der Waals surface area contributed by atoms with E-state index in [1.165, 1.54) is 12.8 Å². The predicted molar refractivity (Wildman–Crippen MR) is 68.6 cm³/mol. The van der Waals surface area contributed by atoms with Gasteiger partial charge in [0.1, 0.15) is 0 Å². The van der Waals surface area contributed by atoms with Gasteiger partial charge in [0.15, 0.2) is 0 Å². The molecule has 0 aromatic heterocycles. The Bertz CT molecular complexity index is 254. The van der Waals surface area contributed by atoms with Gasteiger partial charge in [-0.2, -0.15) is 0 Å². The van der Waals surface area contributed by atoms with Crippen molar-refractivity contribution in [3.8, 4) is 0 Å². The van der Waals surface area contributed by atoms with Crippen LogP contribution in [0.4, 0.5) is 0 Å². The fourth-order valence-electron chi connectivity index (χ4n) is 2.55. The van der Waals surface area contributed by atoms with Crippen LogP contribution in [0, 0.1) is 5.92 Å². The minimum atomic E-state index is -0.301. The Kier molecular flexibility index (Phi) is 5.40. The second-order valence-electron chi connectivity index (χ2n) is 5.78. The Morgan fingerprint density at radius 2 is 2.06 bits per heavy atom. The molecule has 1 fully saturated rings. The highest BCUT2D eigenvalue weighted by atomic mass is 16.5. The van der Waals surface area contributed by atoms with E-state index in [1.807, 2.05) is 13.8 Å². The number of nitrogens with two attached hydrogens (primary N) is 1. The lowest BCUT2D eigenvalue weighted by Crippen LogP contribution is -2.48. The highest BCUT2D eigenvalue weighted by Gasteiger charge is 2.26. The molecule has 0 heterocycles. The van der Waals surface area contributed by atoms with Gasteiger partial charge in [-0.05, 0) is 32.6 Å². The first kappa shape index (κ1) is 14.5. The van der Waals surface area contributed by atoms with Crippen molar-refractivity contribution in [1.29, 1.82) is 0 Å². The molecule has 100 valence electrons. The van der Waals surface area contributed by atoms with Crippen molar-refractivity contribution in [2.45, 2.75) is 57.5 Å². The molecule has 0 aromatic rings. The summed E-state index contributed by atoms with van der Waals surface area (Å²) >= 11 is 0. The Hall–Kier alpha value is -0.610. The Morgan fingerprint density at radius 3 is 2.65 bits per heavy atom. The zero-order chi connectivity index (χ0) is 12.9. The summed E-state index contributed by atoms with van der Waals surface area (Å²) in [7, 11) is 1.64. The van der Waals surface area contributed by atoms with Crippen LogP contribution >= 0.6 is 0 Å². The maximum absolute atomic E-state index is 11.9. The summed E-state index contributed by atoms with van der Waals surface area (Å²) in [6, 6.07) is 0.194. The Balaban J connectivity index is 2.38. The molecule has 1 rings (SSSR count). The highest BCUT2D eigenvalue weighted by Crippen LogP contribution is 2.25. The van der Waals surface area contributed by atoms with Crippen molar-refractivity contribution in [2.75, 3.05) is 13.7 Å². The molecule has 1 saturated carbocycles. The van der Waals surface area contributed by atoms with E-state index in [0.717, 1.165) is 12.8 Å². The van der Waals surface area contributed by atoms with Crippen LogP contribution in [0.15, 0.2) is 0 Å². The normalized spacial score (nSPS) is 25.6. The third kappa shape index (κ3) is 5.04. The van der Waals surface area contributed by atoms with Gasteiger partial charge >= 0.3 is 0 Å². The molecule has 2 atom stereocenters. The average molecular weight is 242 g/mol. The zero-order valence-corrected chi connectivity index (χ0v) is 11.3. The van der Waals surface area contributed by atoms with Crippen molar-refractivity contribution in [3.63, 3.8) is 0 Å². The molecule has 17 heavy (non-hydrogen) atoms. The highest BCUT2D eigenvalue weighted by molar-refractivity contribution is 5.77. The molecule has 2 unspecified atom stereocenters. The van der Waals surface area contributed by atoms with Gasteiger partial charge in [-0.25, -0.2) is 0 Å².